The summed E-state index contributed by atoms with van der Waals surface area (Å²) in [6, 6.07) is 2.23. The van der Waals surface area contributed by atoms with Gasteiger partial charge in [0.1, 0.15) is 0 Å². The van der Waals surface area contributed by atoms with Crippen LogP contribution in [0.1, 0.15) is 25.8 Å². The van der Waals surface area contributed by atoms with Gasteiger partial charge < -0.3 is 0 Å². The average molecular weight is 288 g/mol. The van der Waals surface area contributed by atoms with Crippen LogP contribution in [0.3, 0.4) is 0 Å². The first kappa shape index (κ1) is 11.6. The molecule has 0 saturated carbocycles. The lowest BCUT2D eigenvalue weighted by atomic mass is 9.92. The largest absolute Gasteiger partial charge is 0.298 e. The SMILES string of the molecule is CC1CC(C)CN(Cc2ccsc2Br)C1. The molecule has 1 nitrogen and oxygen atoms in total. The molecule has 1 aromatic heterocycles. The molecule has 2 unspecified atom stereocenters. The highest BCUT2D eigenvalue weighted by Crippen LogP contribution is 2.27. The highest BCUT2D eigenvalue weighted by molar-refractivity contribution is 9.11. The standard InChI is InChI=1S/C12H18BrNS/c1-9-5-10(2)7-14(6-9)8-11-3-4-15-12(11)13/h3-4,9-10H,5-8H2,1-2H3. The van der Waals surface area contributed by atoms with Crippen LogP contribution >= 0.6 is 27.3 Å². The predicted octanol–water partition coefficient (Wildman–Crippen LogP) is 3.99. The summed E-state index contributed by atoms with van der Waals surface area (Å²) in [4.78, 5) is 2.59. The summed E-state index contributed by atoms with van der Waals surface area (Å²) in [5.74, 6) is 1.71. The molecule has 2 heterocycles. The minimum absolute atomic E-state index is 0.853. The number of halogens is 1. The van der Waals surface area contributed by atoms with E-state index >= 15 is 0 Å². The normalized spacial score (nSPS) is 28.2. The van der Waals surface area contributed by atoms with Crippen molar-refractivity contribution in [1.29, 1.82) is 0 Å². The van der Waals surface area contributed by atoms with Gasteiger partial charge in [-0.25, -0.2) is 0 Å². The zero-order valence-electron chi connectivity index (χ0n) is 9.37. The maximum Gasteiger partial charge on any atom is 0.0743 e. The topological polar surface area (TPSA) is 3.24 Å². The molecule has 0 N–H and O–H groups in total. The van der Waals surface area contributed by atoms with E-state index in [1.54, 1.807) is 11.3 Å². The van der Waals surface area contributed by atoms with Crippen molar-refractivity contribution in [3.63, 3.8) is 0 Å². The van der Waals surface area contributed by atoms with Gasteiger partial charge in [0.2, 0.25) is 0 Å². The zero-order valence-corrected chi connectivity index (χ0v) is 11.8. The number of hydrogen-bond acceptors (Lipinski definition) is 2. The van der Waals surface area contributed by atoms with Crippen molar-refractivity contribution < 1.29 is 0 Å². The molecule has 2 atom stereocenters. The van der Waals surface area contributed by atoms with E-state index in [9.17, 15) is 0 Å². The Bertz CT molecular complexity index is 313. The van der Waals surface area contributed by atoms with E-state index in [-0.39, 0.29) is 0 Å². The van der Waals surface area contributed by atoms with Gasteiger partial charge in [-0.3, -0.25) is 4.90 Å². The van der Waals surface area contributed by atoms with Crippen LogP contribution in [-0.2, 0) is 6.54 Å². The molecular weight excluding hydrogens is 270 g/mol. The lowest BCUT2D eigenvalue weighted by Crippen LogP contribution is -2.38. The second kappa shape index (κ2) is 4.98. The van der Waals surface area contributed by atoms with Crippen molar-refractivity contribution >= 4 is 27.3 Å². The second-order valence-electron chi connectivity index (χ2n) is 4.86. The first-order chi connectivity index (χ1) is 7.15. The molecule has 15 heavy (non-hydrogen) atoms. The van der Waals surface area contributed by atoms with Gasteiger partial charge in [0.05, 0.1) is 3.79 Å². The number of rotatable bonds is 2. The van der Waals surface area contributed by atoms with Crippen LogP contribution in [0.15, 0.2) is 15.2 Å². The number of thiophene rings is 1. The molecule has 0 bridgehead atoms. The van der Waals surface area contributed by atoms with Gasteiger partial charge in [0.15, 0.2) is 0 Å². The fourth-order valence-corrected chi connectivity index (χ4v) is 3.81. The van der Waals surface area contributed by atoms with E-state index in [2.05, 4.69) is 46.1 Å². The molecule has 1 saturated heterocycles. The highest BCUT2D eigenvalue weighted by Gasteiger charge is 2.22. The van der Waals surface area contributed by atoms with Crippen molar-refractivity contribution in [2.75, 3.05) is 13.1 Å². The van der Waals surface area contributed by atoms with Crippen LogP contribution in [0.5, 0.6) is 0 Å². The predicted molar refractivity (Wildman–Crippen MR) is 70.2 cm³/mol. The molecule has 1 aromatic rings. The van der Waals surface area contributed by atoms with Gasteiger partial charge in [-0.15, -0.1) is 11.3 Å². The van der Waals surface area contributed by atoms with Gasteiger partial charge in [-0.05, 0) is 51.2 Å². The van der Waals surface area contributed by atoms with Gasteiger partial charge in [0.25, 0.3) is 0 Å². The van der Waals surface area contributed by atoms with Gasteiger partial charge in [-0.2, -0.15) is 0 Å². The van der Waals surface area contributed by atoms with E-state index in [0.717, 1.165) is 18.4 Å². The Morgan fingerprint density at radius 2 is 2.07 bits per heavy atom. The van der Waals surface area contributed by atoms with Crippen LogP contribution in [0.2, 0.25) is 0 Å². The highest BCUT2D eigenvalue weighted by atomic mass is 79.9. The van der Waals surface area contributed by atoms with Crippen LogP contribution in [0, 0.1) is 11.8 Å². The lowest BCUT2D eigenvalue weighted by Gasteiger charge is -2.34. The van der Waals surface area contributed by atoms with Crippen molar-refractivity contribution in [2.24, 2.45) is 11.8 Å². The Kier molecular flexibility index (Phi) is 3.86. The van der Waals surface area contributed by atoms with Crippen LogP contribution in [0.25, 0.3) is 0 Å². The maximum atomic E-state index is 3.62. The Balaban J connectivity index is 1.97. The Morgan fingerprint density at radius 1 is 1.40 bits per heavy atom. The smallest absolute Gasteiger partial charge is 0.0743 e. The molecule has 1 fully saturated rings. The van der Waals surface area contributed by atoms with Crippen molar-refractivity contribution in [1.82, 2.24) is 4.90 Å². The first-order valence-electron chi connectivity index (χ1n) is 5.59. The maximum absolute atomic E-state index is 3.62. The molecule has 0 aromatic carbocycles. The molecule has 0 amide bonds. The molecule has 1 aliphatic heterocycles. The molecule has 0 spiro atoms. The van der Waals surface area contributed by atoms with E-state index in [4.69, 9.17) is 0 Å². The Labute approximate surface area is 105 Å². The number of likely N-dealkylation sites (tertiary alicyclic amines) is 1. The molecule has 1 aliphatic rings. The number of nitrogens with zero attached hydrogens (tertiary/aromatic N) is 1. The molecule has 3 heteroatoms. The van der Waals surface area contributed by atoms with Crippen molar-refractivity contribution in [2.45, 2.75) is 26.8 Å². The summed E-state index contributed by atoms with van der Waals surface area (Å²) in [7, 11) is 0. The Hall–Kier alpha value is 0.140. The van der Waals surface area contributed by atoms with Crippen molar-refractivity contribution in [3.05, 3.63) is 20.8 Å². The van der Waals surface area contributed by atoms with Crippen molar-refractivity contribution in [3.8, 4) is 0 Å². The van der Waals surface area contributed by atoms with E-state index < -0.39 is 0 Å². The molecule has 0 aliphatic carbocycles. The molecule has 2 rings (SSSR count). The van der Waals surface area contributed by atoms with Gasteiger partial charge in [0, 0.05) is 19.6 Å². The van der Waals surface area contributed by atoms with Crippen LogP contribution < -0.4 is 0 Å². The third-order valence-corrected chi connectivity index (χ3v) is 4.84. The van der Waals surface area contributed by atoms with E-state index in [1.807, 2.05) is 0 Å². The summed E-state index contributed by atoms with van der Waals surface area (Å²) in [6.45, 7) is 8.36. The summed E-state index contributed by atoms with van der Waals surface area (Å²) in [5, 5.41) is 2.16. The summed E-state index contributed by atoms with van der Waals surface area (Å²) < 4.78 is 1.30. The molecule has 84 valence electrons. The summed E-state index contributed by atoms with van der Waals surface area (Å²) in [6.07, 6.45) is 1.39. The van der Waals surface area contributed by atoms with E-state index in [0.29, 0.717) is 0 Å². The minimum atomic E-state index is 0.853. The van der Waals surface area contributed by atoms with E-state index in [1.165, 1.54) is 28.9 Å². The fourth-order valence-electron chi connectivity index (χ4n) is 2.59. The average Bonchev–Trinajstić information content (AvgIpc) is 2.50. The summed E-state index contributed by atoms with van der Waals surface area (Å²) >= 11 is 5.40. The van der Waals surface area contributed by atoms with Gasteiger partial charge in [-0.1, -0.05) is 13.8 Å². The zero-order chi connectivity index (χ0) is 10.8. The quantitative estimate of drug-likeness (QED) is 0.795. The second-order valence-corrected chi connectivity index (χ2v) is 7.09. The van der Waals surface area contributed by atoms with Gasteiger partial charge >= 0.3 is 0 Å². The molecule has 0 radical (unpaired) electrons. The first-order valence-corrected chi connectivity index (χ1v) is 7.26. The third kappa shape index (κ3) is 3.05. The molecular formula is C12H18BrNS. The third-order valence-electron chi connectivity index (χ3n) is 3.03. The monoisotopic (exact) mass is 287 g/mol. The minimum Gasteiger partial charge on any atom is -0.298 e. The fraction of sp³-hybridized carbons (Fsp3) is 0.667. The number of piperidine rings is 1. The van der Waals surface area contributed by atoms with Crippen LogP contribution in [0.4, 0.5) is 0 Å². The Morgan fingerprint density at radius 3 is 2.60 bits per heavy atom. The lowest BCUT2D eigenvalue weighted by molar-refractivity contribution is 0.134. The number of hydrogen-bond donors (Lipinski definition) is 0. The summed E-state index contributed by atoms with van der Waals surface area (Å²) in [5.41, 5.74) is 1.45. The van der Waals surface area contributed by atoms with Crippen LogP contribution in [-0.4, -0.2) is 18.0 Å².